The summed E-state index contributed by atoms with van der Waals surface area (Å²) in [4.78, 5) is 9.81. The predicted octanol–water partition coefficient (Wildman–Crippen LogP) is 3.47. The fourth-order valence-electron chi connectivity index (χ4n) is 4.65. The first kappa shape index (κ1) is 19.4. The van der Waals surface area contributed by atoms with E-state index in [1.807, 2.05) is 41.3 Å². The van der Waals surface area contributed by atoms with Crippen molar-refractivity contribution in [3.05, 3.63) is 54.0 Å². The lowest BCUT2D eigenvalue weighted by atomic mass is 9.87. The first-order chi connectivity index (χ1) is 15.1. The molecule has 5 rings (SSSR count). The molecular formula is C23H25N5O3. The summed E-state index contributed by atoms with van der Waals surface area (Å²) in [5, 5.41) is 24.0. The summed E-state index contributed by atoms with van der Waals surface area (Å²) in [7, 11) is 3.20. The normalized spacial score (nSPS) is 21.4. The zero-order valence-electron chi connectivity index (χ0n) is 17.5. The van der Waals surface area contributed by atoms with Crippen LogP contribution in [0, 0.1) is 5.41 Å². The average molecular weight is 419 g/mol. The van der Waals surface area contributed by atoms with Crippen molar-refractivity contribution in [2.75, 3.05) is 32.2 Å². The number of aliphatic hydroxyl groups is 1. The summed E-state index contributed by atoms with van der Waals surface area (Å²) < 4.78 is 10.9. The number of ether oxygens (including phenoxy) is 2. The van der Waals surface area contributed by atoms with Crippen molar-refractivity contribution in [1.82, 2.24) is 15.3 Å². The van der Waals surface area contributed by atoms with Crippen LogP contribution in [-0.2, 0) is 0 Å². The number of aromatic amines is 1. The molecule has 1 atom stereocenters. The minimum absolute atomic E-state index is 0.158. The number of nitrogens with zero attached hydrogens (tertiary/aromatic N) is 2. The summed E-state index contributed by atoms with van der Waals surface area (Å²) in [5.74, 6) is 2.09. The zero-order chi connectivity index (χ0) is 21.6. The maximum absolute atomic E-state index is 11.5. The van der Waals surface area contributed by atoms with Crippen LogP contribution in [0.3, 0.4) is 0 Å². The highest BCUT2D eigenvalue weighted by Gasteiger charge is 2.52. The number of fused-ring (bicyclic) bond motifs is 1. The molecule has 4 N–H and O–H groups in total. The minimum atomic E-state index is -0.777. The maximum atomic E-state index is 11.5. The molecule has 0 radical (unpaired) electrons. The van der Waals surface area contributed by atoms with E-state index in [0.29, 0.717) is 35.9 Å². The quantitative estimate of drug-likeness (QED) is 0.516. The van der Waals surface area contributed by atoms with Crippen LogP contribution in [0.25, 0.3) is 16.6 Å². The van der Waals surface area contributed by atoms with Gasteiger partial charge in [-0.25, -0.2) is 4.98 Å². The van der Waals surface area contributed by atoms with Crippen molar-refractivity contribution in [3.8, 4) is 11.5 Å². The van der Waals surface area contributed by atoms with Gasteiger partial charge in [0, 0.05) is 24.7 Å². The number of piperidine rings is 1. The van der Waals surface area contributed by atoms with Crippen LogP contribution in [0.2, 0.25) is 0 Å². The van der Waals surface area contributed by atoms with Crippen LogP contribution < -0.4 is 19.7 Å². The minimum Gasteiger partial charge on any atom is -0.509 e. The van der Waals surface area contributed by atoms with E-state index >= 15 is 0 Å². The molecule has 0 amide bonds. The Kier molecular flexibility index (Phi) is 4.59. The van der Waals surface area contributed by atoms with Gasteiger partial charge < -0.3 is 29.8 Å². The monoisotopic (exact) mass is 419 g/mol. The van der Waals surface area contributed by atoms with Gasteiger partial charge >= 0.3 is 0 Å². The van der Waals surface area contributed by atoms with Gasteiger partial charge in [-0.1, -0.05) is 12.1 Å². The number of benzene rings is 2. The summed E-state index contributed by atoms with van der Waals surface area (Å²) in [6.07, 6.45) is 1.58. The van der Waals surface area contributed by atoms with Crippen molar-refractivity contribution < 1.29 is 14.6 Å². The first-order valence-corrected chi connectivity index (χ1v) is 10.3. The van der Waals surface area contributed by atoms with Crippen LogP contribution in [0.1, 0.15) is 18.7 Å². The van der Waals surface area contributed by atoms with Crippen LogP contribution >= 0.6 is 0 Å². The topological polar surface area (TPSA) is 106 Å². The lowest BCUT2D eigenvalue weighted by Gasteiger charge is -2.42. The number of para-hydroxylation sites is 2. The van der Waals surface area contributed by atoms with Crippen LogP contribution in [0.5, 0.6) is 11.5 Å². The fraction of sp³-hybridized carbons (Fsp3) is 0.304. The van der Waals surface area contributed by atoms with E-state index in [4.69, 9.17) is 14.9 Å². The van der Waals surface area contributed by atoms with Crippen molar-refractivity contribution in [2.24, 2.45) is 0 Å². The average Bonchev–Trinajstić information content (AvgIpc) is 3.30. The number of hydrogen-bond acceptors (Lipinski definition) is 6. The van der Waals surface area contributed by atoms with Gasteiger partial charge in [-0.2, -0.15) is 0 Å². The smallest absolute Gasteiger partial charge is 0.145 e. The number of aliphatic hydroxyl groups excluding tert-OH is 1. The number of anilines is 1. The van der Waals surface area contributed by atoms with Crippen molar-refractivity contribution in [1.29, 1.82) is 5.41 Å². The molecule has 8 nitrogen and oxygen atoms in total. The Morgan fingerprint density at radius 1 is 1.13 bits per heavy atom. The van der Waals surface area contributed by atoms with Gasteiger partial charge in [0.15, 0.2) is 0 Å². The highest BCUT2D eigenvalue weighted by Crippen LogP contribution is 2.46. The van der Waals surface area contributed by atoms with Gasteiger partial charge in [0.2, 0.25) is 0 Å². The van der Waals surface area contributed by atoms with Crippen LogP contribution in [0.15, 0.2) is 48.2 Å². The molecule has 3 heterocycles. The molecule has 1 fully saturated rings. The number of aromatic nitrogens is 2. The molecule has 160 valence electrons. The molecular weight excluding hydrogens is 394 g/mol. The molecule has 1 unspecified atom stereocenters. The molecule has 0 aliphatic carbocycles. The van der Waals surface area contributed by atoms with E-state index in [1.54, 1.807) is 20.3 Å². The molecule has 3 aromatic rings. The number of H-pyrrole nitrogens is 1. The van der Waals surface area contributed by atoms with E-state index < -0.39 is 5.54 Å². The van der Waals surface area contributed by atoms with Gasteiger partial charge in [-0.3, -0.25) is 5.41 Å². The molecule has 0 bridgehead atoms. The Balaban J connectivity index is 1.69. The molecule has 2 aromatic carbocycles. The van der Waals surface area contributed by atoms with Gasteiger partial charge in [-0.05, 0) is 31.5 Å². The Morgan fingerprint density at radius 2 is 1.87 bits per heavy atom. The second-order valence-corrected chi connectivity index (χ2v) is 7.89. The molecule has 2 aliphatic heterocycles. The van der Waals surface area contributed by atoms with E-state index in [0.717, 1.165) is 29.7 Å². The summed E-state index contributed by atoms with van der Waals surface area (Å²) in [6, 6.07) is 13.2. The number of imidazole rings is 1. The summed E-state index contributed by atoms with van der Waals surface area (Å²) in [5.41, 5.74) is 2.02. The Morgan fingerprint density at radius 3 is 2.52 bits per heavy atom. The predicted molar refractivity (Wildman–Crippen MR) is 120 cm³/mol. The third-order valence-corrected chi connectivity index (χ3v) is 6.15. The third kappa shape index (κ3) is 2.94. The highest BCUT2D eigenvalue weighted by molar-refractivity contribution is 6.31. The number of methoxy groups -OCH3 is 2. The van der Waals surface area contributed by atoms with Crippen LogP contribution in [-0.4, -0.2) is 53.8 Å². The largest absolute Gasteiger partial charge is 0.509 e. The second-order valence-electron chi connectivity index (χ2n) is 7.89. The summed E-state index contributed by atoms with van der Waals surface area (Å²) >= 11 is 0. The van der Waals surface area contributed by atoms with E-state index in [-0.39, 0.29) is 11.6 Å². The Hall–Kier alpha value is -3.52. The van der Waals surface area contributed by atoms with E-state index in [9.17, 15) is 5.11 Å². The molecule has 8 heteroatoms. The number of rotatable bonds is 4. The molecule has 1 aromatic heterocycles. The highest BCUT2D eigenvalue weighted by atomic mass is 16.5. The summed E-state index contributed by atoms with van der Waals surface area (Å²) in [6.45, 7) is 1.39. The second kappa shape index (κ2) is 7.31. The van der Waals surface area contributed by atoms with Gasteiger partial charge in [0.05, 0.1) is 36.5 Å². The number of amidine groups is 1. The molecule has 1 saturated heterocycles. The van der Waals surface area contributed by atoms with E-state index in [2.05, 4.69) is 15.3 Å². The molecule has 1 spiro atoms. The van der Waals surface area contributed by atoms with E-state index in [1.165, 1.54) is 0 Å². The van der Waals surface area contributed by atoms with Crippen LogP contribution in [0.4, 0.5) is 5.69 Å². The van der Waals surface area contributed by atoms with Crippen molar-refractivity contribution in [2.45, 2.75) is 18.4 Å². The molecule has 31 heavy (non-hydrogen) atoms. The van der Waals surface area contributed by atoms with Gasteiger partial charge in [0.25, 0.3) is 0 Å². The Labute approximate surface area is 180 Å². The molecule has 0 saturated carbocycles. The Bertz CT molecular complexity index is 1140. The van der Waals surface area contributed by atoms with Gasteiger partial charge in [0.1, 0.15) is 34.5 Å². The number of nitrogens with one attached hydrogen (secondary N) is 3. The first-order valence-electron chi connectivity index (χ1n) is 10.3. The SMILES string of the molecule is COc1cc(OC)cc(N2C(=N)C(c3nc4ccccc4[nH]3)=C(O)C23CCCNC3)c1. The third-order valence-electron chi connectivity index (χ3n) is 6.15. The molecule has 2 aliphatic rings. The lowest BCUT2D eigenvalue weighted by Crippen LogP contribution is -2.57. The number of hydrogen-bond donors (Lipinski definition) is 4. The van der Waals surface area contributed by atoms with Crippen molar-refractivity contribution in [3.63, 3.8) is 0 Å². The zero-order valence-corrected chi connectivity index (χ0v) is 17.5. The van der Waals surface area contributed by atoms with Crippen molar-refractivity contribution >= 4 is 28.1 Å². The maximum Gasteiger partial charge on any atom is 0.145 e. The fourth-order valence-corrected chi connectivity index (χ4v) is 4.65. The lowest BCUT2D eigenvalue weighted by molar-refractivity contribution is 0.258. The standard InChI is InChI=1S/C23H25N5O3/c1-30-15-10-14(11-16(12-15)31-2)28-21(24)19(20(29)23(28)8-5-9-25-13-23)22-26-17-6-3-4-7-18(17)27-22/h3-4,6-7,10-12,24-25,29H,5,8-9,13H2,1-2H3,(H,26,27). The van der Waals surface area contributed by atoms with Gasteiger partial charge in [-0.15, -0.1) is 0 Å².